The Morgan fingerprint density at radius 2 is 1.94 bits per heavy atom. The molecule has 1 heterocycles. The van der Waals surface area contributed by atoms with Crippen LogP contribution in [0.3, 0.4) is 0 Å². The van der Waals surface area contributed by atoms with Gasteiger partial charge in [-0.15, -0.1) is 5.10 Å². The molecule has 0 atom stereocenters. The SMILES string of the molecule is CCCCCCn1nncc1CCCCC(C)C. The third-order valence-electron chi connectivity index (χ3n) is 3.39. The first-order valence-electron chi connectivity index (χ1n) is 7.61. The Kier molecular flexibility index (Phi) is 7.70. The van der Waals surface area contributed by atoms with E-state index in [2.05, 4.69) is 35.8 Å². The van der Waals surface area contributed by atoms with Crippen molar-refractivity contribution in [2.45, 2.75) is 78.7 Å². The van der Waals surface area contributed by atoms with E-state index in [0.29, 0.717) is 0 Å². The molecule has 0 N–H and O–H groups in total. The van der Waals surface area contributed by atoms with Gasteiger partial charge >= 0.3 is 0 Å². The minimum absolute atomic E-state index is 0.821. The van der Waals surface area contributed by atoms with Crippen LogP contribution in [0.4, 0.5) is 0 Å². The molecule has 0 radical (unpaired) electrons. The van der Waals surface area contributed by atoms with E-state index in [4.69, 9.17) is 0 Å². The van der Waals surface area contributed by atoms with E-state index in [0.717, 1.165) is 18.9 Å². The number of unbranched alkanes of at least 4 members (excludes halogenated alkanes) is 4. The van der Waals surface area contributed by atoms with E-state index >= 15 is 0 Å². The molecule has 0 saturated heterocycles. The van der Waals surface area contributed by atoms with Gasteiger partial charge in [0, 0.05) is 6.54 Å². The average molecular weight is 251 g/mol. The van der Waals surface area contributed by atoms with Crippen molar-refractivity contribution < 1.29 is 0 Å². The maximum absolute atomic E-state index is 4.19. The van der Waals surface area contributed by atoms with Gasteiger partial charge in [0.15, 0.2) is 0 Å². The van der Waals surface area contributed by atoms with Crippen LogP contribution in [0, 0.1) is 5.92 Å². The summed E-state index contributed by atoms with van der Waals surface area (Å²) in [5.41, 5.74) is 1.32. The normalized spacial score (nSPS) is 11.3. The second kappa shape index (κ2) is 9.12. The highest BCUT2D eigenvalue weighted by Crippen LogP contribution is 2.11. The van der Waals surface area contributed by atoms with Gasteiger partial charge < -0.3 is 0 Å². The number of aromatic nitrogens is 3. The summed E-state index contributed by atoms with van der Waals surface area (Å²) in [7, 11) is 0. The Labute approximate surface area is 112 Å². The van der Waals surface area contributed by atoms with Gasteiger partial charge in [0.1, 0.15) is 0 Å². The molecule has 18 heavy (non-hydrogen) atoms. The van der Waals surface area contributed by atoms with Gasteiger partial charge in [-0.2, -0.15) is 0 Å². The minimum Gasteiger partial charge on any atom is -0.249 e. The third-order valence-corrected chi connectivity index (χ3v) is 3.39. The van der Waals surface area contributed by atoms with Crippen LogP contribution in [0.1, 0.15) is 71.4 Å². The molecule has 1 aromatic rings. The van der Waals surface area contributed by atoms with Crippen LogP contribution in [0.5, 0.6) is 0 Å². The fraction of sp³-hybridized carbons (Fsp3) is 0.867. The first-order chi connectivity index (χ1) is 8.74. The monoisotopic (exact) mass is 251 g/mol. The van der Waals surface area contributed by atoms with E-state index in [1.165, 1.54) is 50.6 Å². The predicted molar refractivity (Wildman–Crippen MR) is 76.6 cm³/mol. The maximum atomic E-state index is 4.19. The van der Waals surface area contributed by atoms with Crippen molar-refractivity contribution in [2.24, 2.45) is 5.92 Å². The minimum atomic E-state index is 0.821. The first-order valence-corrected chi connectivity index (χ1v) is 7.61. The molecule has 0 saturated carbocycles. The number of rotatable bonds is 10. The standard InChI is InChI=1S/C15H29N3/c1-4-5-6-9-12-18-15(13-16-17-18)11-8-7-10-14(2)3/h13-14H,4-12H2,1-3H3. The van der Waals surface area contributed by atoms with Gasteiger partial charge in [0.2, 0.25) is 0 Å². The van der Waals surface area contributed by atoms with Gasteiger partial charge in [-0.05, 0) is 25.2 Å². The first kappa shape index (κ1) is 15.2. The molecular weight excluding hydrogens is 222 g/mol. The summed E-state index contributed by atoms with van der Waals surface area (Å²) in [6.07, 6.45) is 12.1. The highest BCUT2D eigenvalue weighted by Gasteiger charge is 2.03. The van der Waals surface area contributed by atoms with Crippen molar-refractivity contribution >= 4 is 0 Å². The Balaban J connectivity index is 2.22. The van der Waals surface area contributed by atoms with Crippen LogP contribution in [0.25, 0.3) is 0 Å². The molecule has 0 bridgehead atoms. The molecule has 1 rings (SSSR count). The van der Waals surface area contributed by atoms with Gasteiger partial charge in [-0.1, -0.05) is 58.1 Å². The van der Waals surface area contributed by atoms with Gasteiger partial charge in [0.05, 0.1) is 11.9 Å². The quantitative estimate of drug-likeness (QED) is 0.583. The highest BCUT2D eigenvalue weighted by atomic mass is 15.4. The summed E-state index contributed by atoms with van der Waals surface area (Å²) in [6, 6.07) is 0. The van der Waals surface area contributed by atoms with Crippen LogP contribution in [-0.2, 0) is 13.0 Å². The molecule has 0 unspecified atom stereocenters. The Morgan fingerprint density at radius 1 is 1.11 bits per heavy atom. The molecule has 0 aromatic carbocycles. The summed E-state index contributed by atoms with van der Waals surface area (Å²) in [4.78, 5) is 0. The molecule has 0 aliphatic heterocycles. The molecule has 104 valence electrons. The van der Waals surface area contributed by atoms with E-state index in [1.54, 1.807) is 0 Å². The van der Waals surface area contributed by atoms with Crippen LogP contribution in [0.2, 0.25) is 0 Å². The fourth-order valence-corrected chi connectivity index (χ4v) is 2.21. The van der Waals surface area contributed by atoms with Crippen molar-refractivity contribution in [1.82, 2.24) is 15.0 Å². The van der Waals surface area contributed by atoms with E-state index in [1.807, 2.05) is 6.20 Å². The fourth-order valence-electron chi connectivity index (χ4n) is 2.21. The summed E-state index contributed by atoms with van der Waals surface area (Å²) < 4.78 is 2.10. The molecule has 1 aromatic heterocycles. The predicted octanol–water partition coefficient (Wildman–Crippen LogP) is 4.23. The van der Waals surface area contributed by atoms with Crippen molar-refractivity contribution in [3.8, 4) is 0 Å². The Bertz CT molecular complexity index is 304. The second-order valence-corrected chi connectivity index (χ2v) is 5.65. The molecule has 0 fully saturated rings. The molecule has 0 aliphatic carbocycles. The largest absolute Gasteiger partial charge is 0.249 e. The molecule has 3 nitrogen and oxygen atoms in total. The highest BCUT2D eigenvalue weighted by molar-refractivity contribution is 4.93. The third kappa shape index (κ3) is 6.18. The lowest BCUT2D eigenvalue weighted by Gasteiger charge is -2.07. The zero-order valence-corrected chi connectivity index (χ0v) is 12.4. The molecule has 3 heteroatoms. The maximum Gasteiger partial charge on any atom is 0.0725 e. The summed E-state index contributed by atoms with van der Waals surface area (Å²) in [5, 5.41) is 8.24. The van der Waals surface area contributed by atoms with Crippen LogP contribution in [-0.4, -0.2) is 15.0 Å². The summed E-state index contributed by atoms with van der Waals surface area (Å²) >= 11 is 0. The lowest BCUT2D eigenvalue weighted by Crippen LogP contribution is -2.05. The van der Waals surface area contributed by atoms with Crippen molar-refractivity contribution in [1.29, 1.82) is 0 Å². The number of aryl methyl sites for hydroxylation is 2. The van der Waals surface area contributed by atoms with Crippen LogP contribution < -0.4 is 0 Å². The zero-order chi connectivity index (χ0) is 13.2. The molecular formula is C15H29N3. The Hall–Kier alpha value is -0.860. The number of nitrogens with zero attached hydrogens (tertiary/aromatic N) is 3. The van der Waals surface area contributed by atoms with Crippen LogP contribution >= 0.6 is 0 Å². The number of hydrogen-bond acceptors (Lipinski definition) is 2. The van der Waals surface area contributed by atoms with Gasteiger partial charge in [0.25, 0.3) is 0 Å². The van der Waals surface area contributed by atoms with Crippen LogP contribution in [0.15, 0.2) is 6.20 Å². The smallest absolute Gasteiger partial charge is 0.0725 e. The lowest BCUT2D eigenvalue weighted by molar-refractivity contribution is 0.496. The van der Waals surface area contributed by atoms with E-state index < -0.39 is 0 Å². The molecule has 0 spiro atoms. The second-order valence-electron chi connectivity index (χ2n) is 5.65. The van der Waals surface area contributed by atoms with E-state index in [9.17, 15) is 0 Å². The zero-order valence-electron chi connectivity index (χ0n) is 12.4. The van der Waals surface area contributed by atoms with Crippen molar-refractivity contribution in [3.05, 3.63) is 11.9 Å². The lowest BCUT2D eigenvalue weighted by atomic mass is 10.0. The molecule has 0 amide bonds. The van der Waals surface area contributed by atoms with Crippen molar-refractivity contribution in [2.75, 3.05) is 0 Å². The average Bonchev–Trinajstić information content (AvgIpc) is 2.78. The van der Waals surface area contributed by atoms with E-state index in [-0.39, 0.29) is 0 Å². The summed E-state index contributed by atoms with van der Waals surface area (Å²) in [5.74, 6) is 0.821. The van der Waals surface area contributed by atoms with Gasteiger partial charge in [-0.3, -0.25) is 0 Å². The van der Waals surface area contributed by atoms with Gasteiger partial charge in [-0.25, -0.2) is 4.68 Å². The van der Waals surface area contributed by atoms with Crippen molar-refractivity contribution in [3.63, 3.8) is 0 Å². The molecule has 0 aliphatic rings. The Morgan fingerprint density at radius 3 is 2.67 bits per heavy atom. The number of hydrogen-bond donors (Lipinski definition) is 0. The summed E-state index contributed by atoms with van der Waals surface area (Å²) in [6.45, 7) is 7.87. The topological polar surface area (TPSA) is 30.7 Å².